The topological polar surface area (TPSA) is 36.4 Å². The normalized spacial score (nSPS) is 11.0. The predicted octanol–water partition coefficient (Wildman–Crippen LogP) is 1.81. The second kappa shape index (κ2) is 5.46. The highest BCUT2D eigenvalue weighted by molar-refractivity contribution is 7.80. The molecule has 1 rings (SSSR count). The van der Waals surface area contributed by atoms with Gasteiger partial charge in [0.15, 0.2) is 5.11 Å². The molecule has 4 heteroatoms. The molecule has 0 heterocycles. The van der Waals surface area contributed by atoms with Gasteiger partial charge < -0.3 is 5.32 Å². The zero-order valence-electron chi connectivity index (χ0n) is 9.16. The van der Waals surface area contributed by atoms with Crippen molar-refractivity contribution in [3.63, 3.8) is 0 Å². The Morgan fingerprint density at radius 1 is 1.33 bits per heavy atom. The van der Waals surface area contributed by atoms with Crippen LogP contribution >= 0.6 is 12.2 Å². The van der Waals surface area contributed by atoms with Gasteiger partial charge in [-0.05, 0) is 31.6 Å². The van der Waals surface area contributed by atoms with Crippen molar-refractivity contribution < 1.29 is 0 Å². The molecule has 2 N–H and O–H groups in total. The molecule has 0 fully saturated rings. The van der Waals surface area contributed by atoms with E-state index in [1.54, 1.807) is 7.05 Å². The minimum Gasteiger partial charge on any atom is -0.364 e. The van der Waals surface area contributed by atoms with Crippen LogP contribution in [0.25, 0.3) is 0 Å². The molecule has 0 radical (unpaired) electrons. The molecular weight excluding hydrogens is 206 g/mol. The zero-order chi connectivity index (χ0) is 11.3. The van der Waals surface area contributed by atoms with Gasteiger partial charge >= 0.3 is 0 Å². The first-order valence-electron chi connectivity index (χ1n) is 4.73. The van der Waals surface area contributed by atoms with Gasteiger partial charge in [0.2, 0.25) is 0 Å². The van der Waals surface area contributed by atoms with Crippen LogP contribution in [0.5, 0.6) is 0 Å². The standard InChI is InChI=1S/C11H15N3S/c1-8-6-4-5-7-10(8)9(2)13-14-11(15)12-3/h4-7H,1-3H3,(H2,12,14,15)/b13-9-. The summed E-state index contributed by atoms with van der Waals surface area (Å²) in [6, 6.07) is 8.11. The van der Waals surface area contributed by atoms with Crippen LogP contribution in [0, 0.1) is 6.92 Å². The SMILES string of the molecule is CNC(=S)N/N=C(/C)c1ccccc1C. The summed E-state index contributed by atoms with van der Waals surface area (Å²) in [7, 11) is 1.76. The summed E-state index contributed by atoms with van der Waals surface area (Å²) in [6.45, 7) is 4.01. The summed E-state index contributed by atoms with van der Waals surface area (Å²) in [5, 5.41) is 7.51. The van der Waals surface area contributed by atoms with Gasteiger partial charge in [-0.2, -0.15) is 5.10 Å². The van der Waals surface area contributed by atoms with E-state index >= 15 is 0 Å². The molecule has 1 aromatic rings. The fraction of sp³-hybridized carbons (Fsp3) is 0.273. The summed E-state index contributed by atoms with van der Waals surface area (Å²) in [6.07, 6.45) is 0. The molecule has 0 unspecified atom stereocenters. The van der Waals surface area contributed by atoms with Crippen molar-refractivity contribution in [3.05, 3.63) is 35.4 Å². The Morgan fingerprint density at radius 3 is 2.60 bits per heavy atom. The Morgan fingerprint density at radius 2 is 2.00 bits per heavy atom. The van der Waals surface area contributed by atoms with Crippen LogP contribution < -0.4 is 10.7 Å². The molecule has 0 saturated carbocycles. The summed E-state index contributed by atoms with van der Waals surface area (Å²) in [5.74, 6) is 0. The minimum atomic E-state index is 0.517. The molecule has 0 aliphatic carbocycles. The molecular formula is C11H15N3S. The van der Waals surface area contributed by atoms with Crippen LogP contribution in [0.3, 0.4) is 0 Å². The van der Waals surface area contributed by atoms with E-state index < -0.39 is 0 Å². The summed E-state index contributed by atoms with van der Waals surface area (Å²) >= 11 is 4.93. The molecule has 0 bridgehead atoms. The van der Waals surface area contributed by atoms with Crippen LogP contribution in [-0.2, 0) is 0 Å². The Hall–Kier alpha value is -1.42. The molecule has 1 aromatic carbocycles. The third-order valence-electron chi connectivity index (χ3n) is 2.09. The van der Waals surface area contributed by atoms with Crippen molar-refractivity contribution in [2.75, 3.05) is 7.05 Å². The Kier molecular flexibility index (Phi) is 4.24. The molecule has 0 aromatic heterocycles. The maximum absolute atomic E-state index is 4.93. The average molecular weight is 221 g/mol. The zero-order valence-corrected chi connectivity index (χ0v) is 9.98. The van der Waals surface area contributed by atoms with E-state index in [-0.39, 0.29) is 0 Å². The molecule has 0 spiro atoms. The first-order valence-corrected chi connectivity index (χ1v) is 5.14. The number of hydrogen-bond donors (Lipinski definition) is 2. The van der Waals surface area contributed by atoms with Crippen molar-refractivity contribution >= 4 is 23.0 Å². The Labute approximate surface area is 95.6 Å². The van der Waals surface area contributed by atoms with Gasteiger partial charge in [0.25, 0.3) is 0 Å². The van der Waals surface area contributed by atoms with Gasteiger partial charge in [0, 0.05) is 12.6 Å². The van der Waals surface area contributed by atoms with Gasteiger partial charge in [0.05, 0.1) is 5.71 Å². The maximum Gasteiger partial charge on any atom is 0.186 e. The summed E-state index contributed by atoms with van der Waals surface area (Å²) in [4.78, 5) is 0. The predicted molar refractivity (Wildman–Crippen MR) is 68.2 cm³/mol. The van der Waals surface area contributed by atoms with E-state index in [9.17, 15) is 0 Å². The molecule has 0 atom stereocenters. The van der Waals surface area contributed by atoms with E-state index in [0.29, 0.717) is 5.11 Å². The van der Waals surface area contributed by atoms with E-state index in [2.05, 4.69) is 28.8 Å². The van der Waals surface area contributed by atoms with Crippen molar-refractivity contribution in [1.29, 1.82) is 0 Å². The molecule has 0 aliphatic heterocycles. The van der Waals surface area contributed by atoms with Crippen LogP contribution in [0.1, 0.15) is 18.1 Å². The minimum absolute atomic E-state index is 0.517. The second-order valence-corrected chi connectivity index (χ2v) is 3.61. The fourth-order valence-corrected chi connectivity index (χ4v) is 1.28. The van der Waals surface area contributed by atoms with Crippen molar-refractivity contribution in [2.24, 2.45) is 5.10 Å². The molecule has 15 heavy (non-hydrogen) atoms. The Bertz CT molecular complexity index is 385. The van der Waals surface area contributed by atoms with Gasteiger partial charge in [-0.3, -0.25) is 5.43 Å². The van der Waals surface area contributed by atoms with E-state index in [1.807, 2.05) is 25.1 Å². The van der Waals surface area contributed by atoms with Gasteiger partial charge in [-0.25, -0.2) is 0 Å². The van der Waals surface area contributed by atoms with Gasteiger partial charge in [-0.1, -0.05) is 24.3 Å². The lowest BCUT2D eigenvalue weighted by atomic mass is 10.1. The number of nitrogens with zero attached hydrogens (tertiary/aromatic N) is 1. The highest BCUT2D eigenvalue weighted by Gasteiger charge is 2.00. The van der Waals surface area contributed by atoms with Gasteiger partial charge in [0.1, 0.15) is 0 Å². The van der Waals surface area contributed by atoms with Crippen molar-refractivity contribution in [2.45, 2.75) is 13.8 Å². The number of aryl methyl sites for hydroxylation is 1. The molecule has 0 saturated heterocycles. The fourth-order valence-electron chi connectivity index (χ4n) is 1.23. The Balaban J connectivity index is 2.80. The second-order valence-electron chi connectivity index (χ2n) is 3.20. The van der Waals surface area contributed by atoms with E-state index in [1.165, 1.54) is 5.56 Å². The number of hydrogen-bond acceptors (Lipinski definition) is 2. The smallest absolute Gasteiger partial charge is 0.186 e. The summed E-state index contributed by atoms with van der Waals surface area (Å²) in [5.41, 5.74) is 6.02. The average Bonchev–Trinajstić information content (AvgIpc) is 2.26. The summed E-state index contributed by atoms with van der Waals surface area (Å²) < 4.78 is 0. The van der Waals surface area contributed by atoms with Crippen LogP contribution in [0.15, 0.2) is 29.4 Å². The lowest BCUT2D eigenvalue weighted by Crippen LogP contribution is -2.29. The lowest BCUT2D eigenvalue weighted by molar-refractivity contribution is 0.973. The number of rotatable bonds is 2. The molecule has 80 valence electrons. The van der Waals surface area contributed by atoms with Crippen LogP contribution in [0.4, 0.5) is 0 Å². The third kappa shape index (κ3) is 3.32. The van der Waals surface area contributed by atoms with Gasteiger partial charge in [-0.15, -0.1) is 0 Å². The largest absolute Gasteiger partial charge is 0.364 e. The molecule has 3 nitrogen and oxygen atoms in total. The van der Waals surface area contributed by atoms with E-state index in [4.69, 9.17) is 12.2 Å². The van der Waals surface area contributed by atoms with E-state index in [0.717, 1.165) is 11.3 Å². The monoisotopic (exact) mass is 221 g/mol. The first kappa shape index (κ1) is 11.7. The number of nitrogens with one attached hydrogen (secondary N) is 2. The first-order chi connectivity index (χ1) is 7.15. The van der Waals surface area contributed by atoms with Crippen LogP contribution in [0.2, 0.25) is 0 Å². The third-order valence-corrected chi connectivity index (χ3v) is 2.38. The van der Waals surface area contributed by atoms with Crippen molar-refractivity contribution in [1.82, 2.24) is 10.7 Å². The highest BCUT2D eigenvalue weighted by atomic mass is 32.1. The number of benzene rings is 1. The quantitative estimate of drug-likeness (QED) is 0.454. The highest BCUT2D eigenvalue weighted by Crippen LogP contribution is 2.07. The van der Waals surface area contributed by atoms with Crippen LogP contribution in [-0.4, -0.2) is 17.9 Å². The number of thiocarbonyl (C=S) groups is 1. The van der Waals surface area contributed by atoms with Crippen molar-refractivity contribution in [3.8, 4) is 0 Å². The molecule has 0 aliphatic rings. The lowest BCUT2D eigenvalue weighted by Gasteiger charge is -2.06. The maximum atomic E-state index is 4.93. The number of hydrazone groups is 1. The molecule has 0 amide bonds.